The van der Waals surface area contributed by atoms with E-state index in [1.54, 1.807) is 0 Å². The van der Waals surface area contributed by atoms with E-state index in [9.17, 15) is 9.59 Å². The summed E-state index contributed by atoms with van der Waals surface area (Å²) in [6.07, 6.45) is 2.28. The second kappa shape index (κ2) is 10.6. The Morgan fingerprint density at radius 2 is 2.04 bits per heavy atom. The van der Waals surface area contributed by atoms with E-state index in [2.05, 4.69) is 16.0 Å². The number of carbonyl (C=O) groups is 2. The maximum atomic E-state index is 12.0. The third-order valence-electron chi connectivity index (χ3n) is 3.85. The predicted molar refractivity (Wildman–Crippen MR) is 103 cm³/mol. The first-order valence-corrected chi connectivity index (χ1v) is 9.08. The van der Waals surface area contributed by atoms with Crippen molar-refractivity contribution in [2.24, 2.45) is 0 Å². The van der Waals surface area contributed by atoms with Crippen LogP contribution in [0.15, 0.2) is 24.3 Å². The molecule has 1 aromatic rings. The first-order chi connectivity index (χ1) is 11.0. The molecule has 7 heteroatoms. The molecule has 1 fully saturated rings. The molecule has 0 bridgehead atoms. The van der Waals surface area contributed by atoms with Crippen molar-refractivity contribution in [2.45, 2.75) is 38.0 Å². The van der Waals surface area contributed by atoms with Crippen LogP contribution in [0.3, 0.4) is 0 Å². The van der Waals surface area contributed by atoms with Gasteiger partial charge in [-0.25, -0.2) is 0 Å². The Bertz CT molecular complexity index is 533. The number of aryl methyl sites for hydroxylation is 1. The fourth-order valence-corrected chi connectivity index (χ4v) is 3.12. The summed E-state index contributed by atoms with van der Waals surface area (Å²) in [6.45, 7) is 5.54. The number of thioether (sulfide) groups is 1. The summed E-state index contributed by atoms with van der Waals surface area (Å²) in [7, 11) is 0. The van der Waals surface area contributed by atoms with Gasteiger partial charge in [0.1, 0.15) is 0 Å². The van der Waals surface area contributed by atoms with Gasteiger partial charge in [-0.1, -0.05) is 17.7 Å². The smallest absolute Gasteiger partial charge is 0.234 e. The number of amides is 2. The number of benzene rings is 1. The van der Waals surface area contributed by atoms with Crippen LogP contribution < -0.4 is 16.0 Å². The molecule has 2 rings (SSSR count). The van der Waals surface area contributed by atoms with E-state index < -0.39 is 0 Å². The van der Waals surface area contributed by atoms with Crippen molar-refractivity contribution in [2.75, 3.05) is 24.2 Å². The number of carbonyl (C=O) groups excluding carboxylic acids is 2. The van der Waals surface area contributed by atoms with Crippen molar-refractivity contribution < 1.29 is 9.59 Å². The highest BCUT2D eigenvalue weighted by molar-refractivity contribution is 8.01. The van der Waals surface area contributed by atoms with E-state index >= 15 is 0 Å². The topological polar surface area (TPSA) is 70.2 Å². The summed E-state index contributed by atoms with van der Waals surface area (Å²) in [4.78, 5) is 23.9. The summed E-state index contributed by atoms with van der Waals surface area (Å²) < 4.78 is 0. The van der Waals surface area contributed by atoms with Crippen molar-refractivity contribution >= 4 is 41.7 Å². The fraction of sp³-hybridized carbons (Fsp3) is 0.529. The van der Waals surface area contributed by atoms with E-state index in [1.807, 2.05) is 38.1 Å². The lowest BCUT2D eigenvalue weighted by atomic mass is 10.2. The molecule has 2 atom stereocenters. The van der Waals surface area contributed by atoms with Gasteiger partial charge in [0, 0.05) is 18.3 Å². The molecule has 1 aliphatic rings. The van der Waals surface area contributed by atoms with Crippen LogP contribution in [0.2, 0.25) is 0 Å². The van der Waals surface area contributed by atoms with Gasteiger partial charge in [0.2, 0.25) is 11.8 Å². The van der Waals surface area contributed by atoms with Crippen molar-refractivity contribution in [3.05, 3.63) is 29.8 Å². The zero-order valence-corrected chi connectivity index (χ0v) is 15.8. The summed E-state index contributed by atoms with van der Waals surface area (Å²) >= 11 is 1.35. The average Bonchev–Trinajstić information content (AvgIpc) is 3.06. The molecular weight excluding hydrogens is 346 g/mol. The first kappa shape index (κ1) is 20.8. The van der Waals surface area contributed by atoms with Crippen LogP contribution in [-0.4, -0.2) is 41.9 Å². The summed E-state index contributed by atoms with van der Waals surface area (Å²) in [5.41, 5.74) is 1.94. The normalized spacial score (nSPS) is 17.7. The quantitative estimate of drug-likeness (QED) is 0.688. The molecule has 1 heterocycles. The molecule has 1 aromatic carbocycles. The number of halogens is 1. The van der Waals surface area contributed by atoms with Gasteiger partial charge in [-0.3, -0.25) is 9.59 Å². The Morgan fingerprint density at radius 3 is 2.67 bits per heavy atom. The van der Waals surface area contributed by atoms with Crippen molar-refractivity contribution in [3.63, 3.8) is 0 Å². The molecule has 0 saturated carbocycles. The minimum absolute atomic E-state index is 0. The Kier molecular flexibility index (Phi) is 9.18. The maximum absolute atomic E-state index is 12.0. The van der Waals surface area contributed by atoms with Gasteiger partial charge in [-0.05, 0) is 45.4 Å². The molecule has 134 valence electrons. The van der Waals surface area contributed by atoms with Gasteiger partial charge in [0.25, 0.3) is 0 Å². The van der Waals surface area contributed by atoms with Gasteiger partial charge < -0.3 is 16.0 Å². The maximum Gasteiger partial charge on any atom is 0.234 e. The SMILES string of the molecule is Cc1ccc(NC(=O)CSC(C)C(=O)NCC2CCCN2)cc1.Cl. The third-order valence-corrected chi connectivity index (χ3v) is 5.00. The van der Waals surface area contributed by atoms with E-state index in [-0.39, 0.29) is 35.2 Å². The minimum Gasteiger partial charge on any atom is -0.354 e. The number of hydrogen-bond donors (Lipinski definition) is 3. The summed E-state index contributed by atoms with van der Waals surface area (Å²) in [5.74, 6) is 0.173. The van der Waals surface area contributed by atoms with Gasteiger partial charge in [0.15, 0.2) is 0 Å². The monoisotopic (exact) mass is 371 g/mol. The highest BCUT2D eigenvalue weighted by Gasteiger charge is 2.18. The van der Waals surface area contributed by atoms with Crippen molar-refractivity contribution in [1.29, 1.82) is 0 Å². The second-order valence-corrected chi connectivity index (χ2v) is 7.23. The van der Waals surface area contributed by atoms with Crippen LogP contribution >= 0.6 is 24.2 Å². The highest BCUT2D eigenvalue weighted by Crippen LogP contribution is 2.13. The van der Waals surface area contributed by atoms with Crippen LogP contribution in [-0.2, 0) is 9.59 Å². The Morgan fingerprint density at radius 1 is 1.33 bits per heavy atom. The third kappa shape index (κ3) is 7.11. The number of anilines is 1. The van der Waals surface area contributed by atoms with Crippen LogP contribution in [0.1, 0.15) is 25.3 Å². The number of nitrogens with one attached hydrogen (secondary N) is 3. The van der Waals surface area contributed by atoms with Crippen LogP contribution in [0.5, 0.6) is 0 Å². The van der Waals surface area contributed by atoms with Gasteiger partial charge in [0.05, 0.1) is 11.0 Å². The largest absolute Gasteiger partial charge is 0.354 e. The molecule has 0 spiro atoms. The van der Waals surface area contributed by atoms with Crippen LogP contribution in [0.25, 0.3) is 0 Å². The first-order valence-electron chi connectivity index (χ1n) is 8.04. The molecule has 0 aromatic heterocycles. The Hall–Kier alpha value is -1.24. The van der Waals surface area contributed by atoms with Crippen molar-refractivity contribution in [3.8, 4) is 0 Å². The second-order valence-electron chi connectivity index (χ2n) is 5.91. The molecule has 0 radical (unpaired) electrons. The highest BCUT2D eigenvalue weighted by atomic mass is 35.5. The number of hydrogen-bond acceptors (Lipinski definition) is 4. The Balaban J connectivity index is 0.00000288. The van der Waals surface area contributed by atoms with E-state index in [0.717, 1.165) is 24.2 Å². The van der Waals surface area contributed by atoms with E-state index in [0.29, 0.717) is 12.6 Å². The number of rotatable bonds is 7. The molecular formula is C17H26ClN3O2S. The Labute approximate surface area is 154 Å². The van der Waals surface area contributed by atoms with Crippen LogP contribution in [0.4, 0.5) is 5.69 Å². The lowest BCUT2D eigenvalue weighted by molar-refractivity contribution is -0.120. The standard InChI is InChI=1S/C17H25N3O2S.ClH/c1-12-5-7-14(8-6-12)20-16(21)11-23-13(2)17(22)19-10-15-4-3-9-18-15;/h5-8,13,15,18H,3-4,9-11H2,1-2H3,(H,19,22)(H,20,21);1H. The van der Waals surface area contributed by atoms with Gasteiger partial charge in [-0.15, -0.1) is 24.2 Å². The zero-order chi connectivity index (χ0) is 16.7. The van der Waals surface area contributed by atoms with Gasteiger partial charge >= 0.3 is 0 Å². The molecule has 5 nitrogen and oxygen atoms in total. The lowest BCUT2D eigenvalue weighted by Crippen LogP contribution is -2.40. The van der Waals surface area contributed by atoms with E-state index in [1.165, 1.54) is 18.2 Å². The molecule has 24 heavy (non-hydrogen) atoms. The van der Waals surface area contributed by atoms with Crippen LogP contribution in [0, 0.1) is 6.92 Å². The fourth-order valence-electron chi connectivity index (χ4n) is 2.41. The van der Waals surface area contributed by atoms with Crippen molar-refractivity contribution in [1.82, 2.24) is 10.6 Å². The average molecular weight is 372 g/mol. The summed E-state index contributed by atoms with van der Waals surface area (Å²) in [6, 6.07) is 8.05. The van der Waals surface area contributed by atoms with E-state index in [4.69, 9.17) is 0 Å². The summed E-state index contributed by atoms with van der Waals surface area (Å²) in [5, 5.41) is 8.90. The molecule has 1 saturated heterocycles. The predicted octanol–water partition coefficient (Wildman–Crippen LogP) is 2.35. The molecule has 1 aliphatic heterocycles. The molecule has 3 N–H and O–H groups in total. The molecule has 0 aliphatic carbocycles. The zero-order valence-electron chi connectivity index (χ0n) is 14.1. The molecule has 2 unspecified atom stereocenters. The van der Waals surface area contributed by atoms with Gasteiger partial charge in [-0.2, -0.15) is 0 Å². The minimum atomic E-state index is -0.236. The molecule has 2 amide bonds. The lowest BCUT2D eigenvalue weighted by Gasteiger charge is -2.15.